The van der Waals surface area contributed by atoms with Crippen LogP contribution in [0.2, 0.25) is 0 Å². The number of nitrogens with one attached hydrogen (secondary N) is 1. The van der Waals surface area contributed by atoms with Crippen molar-refractivity contribution in [2.24, 2.45) is 0 Å². The van der Waals surface area contributed by atoms with Gasteiger partial charge in [-0.1, -0.05) is 42.5 Å². The lowest BCUT2D eigenvalue weighted by molar-refractivity contribution is -0.119. The molecule has 0 aliphatic heterocycles. The summed E-state index contributed by atoms with van der Waals surface area (Å²) >= 11 is 0. The Morgan fingerprint density at radius 2 is 1.67 bits per heavy atom. The maximum absolute atomic E-state index is 13.8. The van der Waals surface area contributed by atoms with Gasteiger partial charge in [0.1, 0.15) is 17.2 Å². The second-order valence-electron chi connectivity index (χ2n) is 8.02. The van der Waals surface area contributed by atoms with Gasteiger partial charge in [0, 0.05) is 6.54 Å². The van der Waals surface area contributed by atoms with Crippen molar-refractivity contribution in [3.63, 3.8) is 0 Å². The first kappa shape index (κ1) is 24.3. The Morgan fingerprint density at radius 3 is 2.33 bits per heavy atom. The van der Waals surface area contributed by atoms with Crippen molar-refractivity contribution in [2.45, 2.75) is 32.1 Å². The highest BCUT2D eigenvalue weighted by Crippen LogP contribution is 2.31. The van der Waals surface area contributed by atoms with Crippen LogP contribution in [0.1, 0.15) is 22.3 Å². The molecule has 3 aromatic rings. The molecule has 0 heterocycles. The summed E-state index contributed by atoms with van der Waals surface area (Å²) in [6.07, 6.45) is 0.661. The molecule has 0 aliphatic rings. The van der Waals surface area contributed by atoms with Crippen molar-refractivity contribution in [1.29, 1.82) is 0 Å². The number of anilines is 1. The maximum Gasteiger partial charge on any atom is 0.268 e. The van der Waals surface area contributed by atoms with Crippen LogP contribution in [0, 0.1) is 20.8 Å². The van der Waals surface area contributed by atoms with Crippen LogP contribution in [0.5, 0.6) is 5.75 Å². The number of carbonyl (C=O) groups is 1. The second-order valence-corrected chi connectivity index (χ2v) is 9.85. The van der Waals surface area contributed by atoms with Crippen LogP contribution in [-0.2, 0) is 21.2 Å². The van der Waals surface area contributed by atoms with E-state index in [1.54, 1.807) is 30.3 Å². The van der Waals surface area contributed by atoms with Gasteiger partial charge in [0.2, 0.25) is 5.91 Å². The quantitative estimate of drug-likeness (QED) is 0.513. The van der Waals surface area contributed by atoms with E-state index in [1.807, 2.05) is 57.2 Å². The number of hydrogen-bond acceptors (Lipinski definition) is 4. The van der Waals surface area contributed by atoms with E-state index in [1.165, 1.54) is 7.11 Å². The van der Waals surface area contributed by atoms with Crippen LogP contribution in [0.15, 0.2) is 71.6 Å². The molecule has 0 saturated carbocycles. The Morgan fingerprint density at radius 1 is 0.939 bits per heavy atom. The van der Waals surface area contributed by atoms with Gasteiger partial charge in [0.05, 0.1) is 12.8 Å². The molecule has 3 aromatic carbocycles. The maximum atomic E-state index is 13.8. The van der Waals surface area contributed by atoms with Gasteiger partial charge in [-0.15, -0.1) is 0 Å². The minimum atomic E-state index is -4.07. The predicted molar refractivity (Wildman–Crippen MR) is 131 cm³/mol. The standard InChI is InChI=1S/C26H30N2O4S/c1-19-10-13-24(32-4)25(16-19)33(30,31)28(23-12-11-20(2)21(3)17-23)18-26(29)27-15-14-22-8-6-5-7-9-22/h5-13,16-17H,14-15,18H2,1-4H3,(H,27,29). The average Bonchev–Trinajstić information content (AvgIpc) is 2.80. The number of carbonyl (C=O) groups excluding carboxylic acids is 1. The van der Waals surface area contributed by atoms with Gasteiger partial charge >= 0.3 is 0 Å². The van der Waals surface area contributed by atoms with E-state index in [9.17, 15) is 13.2 Å². The molecular formula is C26H30N2O4S. The second kappa shape index (κ2) is 10.5. The molecule has 33 heavy (non-hydrogen) atoms. The number of ether oxygens (including phenoxy) is 1. The summed E-state index contributed by atoms with van der Waals surface area (Å²) in [7, 11) is -2.64. The minimum Gasteiger partial charge on any atom is -0.495 e. The number of rotatable bonds is 9. The Hall–Kier alpha value is -3.32. The van der Waals surface area contributed by atoms with E-state index in [-0.39, 0.29) is 23.1 Å². The molecule has 1 N–H and O–H groups in total. The van der Waals surface area contributed by atoms with Crippen molar-refractivity contribution in [3.05, 3.63) is 89.0 Å². The van der Waals surface area contributed by atoms with Crippen molar-refractivity contribution < 1.29 is 17.9 Å². The number of sulfonamides is 1. The summed E-state index contributed by atoms with van der Waals surface area (Å²) in [6.45, 7) is 5.76. The third kappa shape index (κ3) is 5.93. The van der Waals surface area contributed by atoms with Gasteiger partial charge in [-0.3, -0.25) is 9.10 Å². The lowest BCUT2D eigenvalue weighted by Gasteiger charge is -2.26. The van der Waals surface area contributed by atoms with E-state index >= 15 is 0 Å². The molecule has 7 heteroatoms. The van der Waals surface area contributed by atoms with E-state index < -0.39 is 10.0 Å². The molecule has 0 unspecified atom stereocenters. The van der Waals surface area contributed by atoms with Gasteiger partial charge in [0.15, 0.2) is 0 Å². The summed E-state index contributed by atoms with van der Waals surface area (Å²) in [5.74, 6) is -0.140. The molecule has 0 spiro atoms. The van der Waals surface area contributed by atoms with Crippen LogP contribution >= 0.6 is 0 Å². The Balaban J connectivity index is 1.90. The Bertz CT molecular complexity index is 1220. The summed E-state index contributed by atoms with van der Waals surface area (Å²) in [6, 6.07) is 20.1. The van der Waals surface area contributed by atoms with E-state index in [2.05, 4.69) is 5.32 Å². The molecule has 0 radical (unpaired) electrons. The average molecular weight is 467 g/mol. The van der Waals surface area contributed by atoms with Crippen LogP contribution in [0.3, 0.4) is 0 Å². The normalized spacial score (nSPS) is 11.2. The number of aryl methyl sites for hydroxylation is 3. The third-order valence-corrected chi connectivity index (χ3v) is 7.33. The van der Waals surface area contributed by atoms with E-state index in [0.717, 1.165) is 26.6 Å². The molecule has 3 rings (SSSR count). The summed E-state index contributed by atoms with van der Waals surface area (Å²) in [4.78, 5) is 12.8. The first-order chi connectivity index (χ1) is 15.7. The summed E-state index contributed by atoms with van der Waals surface area (Å²) in [5, 5.41) is 2.84. The van der Waals surface area contributed by atoms with Crippen LogP contribution < -0.4 is 14.4 Å². The van der Waals surface area contributed by atoms with Gasteiger partial charge in [-0.05, 0) is 73.7 Å². The molecule has 0 atom stereocenters. The lowest BCUT2D eigenvalue weighted by atomic mass is 10.1. The fourth-order valence-electron chi connectivity index (χ4n) is 3.48. The molecule has 0 bridgehead atoms. The summed E-state index contributed by atoms with van der Waals surface area (Å²) in [5.41, 5.74) is 4.28. The van der Waals surface area contributed by atoms with E-state index in [0.29, 0.717) is 18.7 Å². The first-order valence-electron chi connectivity index (χ1n) is 10.8. The predicted octanol–water partition coefficient (Wildman–Crippen LogP) is 4.17. The topological polar surface area (TPSA) is 75.7 Å². The molecule has 174 valence electrons. The lowest BCUT2D eigenvalue weighted by Crippen LogP contribution is -2.41. The molecule has 0 aliphatic carbocycles. The Labute approximate surface area is 196 Å². The molecule has 6 nitrogen and oxygen atoms in total. The molecular weight excluding hydrogens is 436 g/mol. The fourth-order valence-corrected chi connectivity index (χ4v) is 5.13. The van der Waals surface area contributed by atoms with Crippen LogP contribution in [0.4, 0.5) is 5.69 Å². The molecule has 1 amide bonds. The van der Waals surface area contributed by atoms with Crippen molar-refractivity contribution in [2.75, 3.05) is 24.5 Å². The van der Waals surface area contributed by atoms with Gasteiger partial charge in [-0.25, -0.2) is 8.42 Å². The zero-order chi connectivity index (χ0) is 24.0. The zero-order valence-corrected chi connectivity index (χ0v) is 20.3. The monoisotopic (exact) mass is 466 g/mol. The van der Waals surface area contributed by atoms with Crippen molar-refractivity contribution in [1.82, 2.24) is 5.32 Å². The van der Waals surface area contributed by atoms with Gasteiger partial charge in [-0.2, -0.15) is 0 Å². The number of hydrogen-bond donors (Lipinski definition) is 1. The highest BCUT2D eigenvalue weighted by molar-refractivity contribution is 7.93. The van der Waals surface area contributed by atoms with Crippen molar-refractivity contribution in [3.8, 4) is 5.75 Å². The van der Waals surface area contributed by atoms with E-state index in [4.69, 9.17) is 4.74 Å². The number of methoxy groups -OCH3 is 1. The summed E-state index contributed by atoms with van der Waals surface area (Å²) < 4.78 is 34.0. The largest absolute Gasteiger partial charge is 0.495 e. The van der Waals surface area contributed by atoms with Gasteiger partial charge < -0.3 is 10.1 Å². The number of benzene rings is 3. The minimum absolute atomic E-state index is 0.0281. The SMILES string of the molecule is COc1ccc(C)cc1S(=O)(=O)N(CC(=O)NCCc1ccccc1)c1ccc(C)c(C)c1. The number of nitrogens with zero attached hydrogens (tertiary/aromatic N) is 1. The fraction of sp³-hybridized carbons (Fsp3) is 0.269. The third-order valence-electron chi connectivity index (χ3n) is 5.53. The zero-order valence-electron chi connectivity index (χ0n) is 19.5. The number of amides is 1. The highest BCUT2D eigenvalue weighted by atomic mass is 32.2. The van der Waals surface area contributed by atoms with Crippen LogP contribution in [-0.4, -0.2) is 34.5 Å². The Kier molecular flexibility index (Phi) is 7.76. The van der Waals surface area contributed by atoms with Crippen LogP contribution in [0.25, 0.3) is 0 Å². The molecule has 0 saturated heterocycles. The smallest absolute Gasteiger partial charge is 0.268 e. The van der Waals surface area contributed by atoms with Gasteiger partial charge in [0.25, 0.3) is 10.0 Å². The van der Waals surface area contributed by atoms with Crippen molar-refractivity contribution >= 4 is 21.6 Å². The molecule has 0 fully saturated rings. The molecule has 0 aromatic heterocycles. The first-order valence-corrected chi connectivity index (χ1v) is 12.2. The highest BCUT2D eigenvalue weighted by Gasteiger charge is 2.30.